The Morgan fingerprint density at radius 1 is 0.564 bits per heavy atom. The molecular weight excluding hydrogens is 496 g/mol. The molecule has 12 atom stereocenters. The lowest BCUT2D eigenvalue weighted by molar-refractivity contribution is -0.0980. The zero-order valence-corrected chi connectivity index (χ0v) is 22.6. The fraction of sp³-hybridized carbons (Fsp3) is 0.724. The number of nitrogens with one attached hydrogen (secondary N) is 4. The lowest BCUT2D eigenvalue weighted by atomic mass is 9.67. The fourth-order valence-electron chi connectivity index (χ4n) is 7.94. The Bertz CT molecular complexity index is 846. The van der Waals surface area contributed by atoms with Gasteiger partial charge < -0.3 is 20.4 Å². The lowest BCUT2D eigenvalue weighted by Gasteiger charge is -2.47. The summed E-state index contributed by atoms with van der Waals surface area (Å²) in [6, 6.07) is 0.392. The normalized spacial score (nSPS) is 46.1. The zero-order chi connectivity index (χ0) is 26.9. The number of aliphatic hydroxyl groups excluding tert-OH is 4. The van der Waals surface area contributed by atoms with Gasteiger partial charge in [0.2, 0.25) is 0 Å². The Balaban J connectivity index is 1.17. The van der Waals surface area contributed by atoms with Crippen LogP contribution in [-0.4, -0.2) is 92.3 Å². The Morgan fingerprint density at radius 2 is 0.923 bits per heavy atom. The molecule has 2 heterocycles. The topological polar surface area (TPSA) is 136 Å². The monoisotopic (exact) mass is 542 g/mol. The van der Waals surface area contributed by atoms with Gasteiger partial charge in [-0.1, -0.05) is 48.6 Å². The Kier molecular flexibility index (Phi) is 8.67. The molecule has 0 aromatic rings. The van der Waals surface area contributed by atoms with E-state index in [9.17, 15) is 20.4 Å². The molecule has 4 fully saturated rings. The van der Waals surface area contributed by atoms with Crippen molar-refractivity contribution in [3.05, 3.63) is 48.6 Å². The van der Waals surface area contributed by atoms with Crippen LogP contribution in [0.2, 0.25) is 0 Å². The van der Waals surface area contributed by atoms with Gasteiger partial charge in [-0.15, -0.1) is 0 Å². The molecule has 0 aromatic heterocycles. The minimum atomic E-state index is -0.557. The van der Waals surface area contributed by atoms with Crippen LogP contribution in [0.15, 0.2) is 48.6 Å². The summed E-state index contributed by atoms with van der Waals surface area (Å²) < 4.78 is 0. The second kappa shape index (κ2) is 12.2. The smallest absolute Gasteiger partial charge is 0.0752 e. The summed E-state index contributed by atoms with van der Waals surface area (Å²) >= 11 is 0. The molecule has 10 unspecified atom stereocenters. The van der Waals surface area contributed by atoms with E-state index in [2.05, 4.69) is 46.0 Å². The summed E-state index contributed by atoms with van der Waals surface area (Å²) in [5.41, 5.74) is 14.1. The predicted octanol–water partition coefficient (Wildman–Crippen LogP) is 0.0287. The van der Waals surface area contributed by atoms with Gasteiger partial charge in [-0.2, -0.15) is 10.2 Å². The number of nitrogens with zero attached hydrogens (tertiary/aromatic N) is 2. The molecule has 0 amide bonds. The third kappa shape index (κ3) is 5.83. The van der Waals surface area contributed by atoms with E-state index in [0.29, 0.717) is 24.7 Å². The van der Waals surface area contributed by atoms with Crippen molar-refractivity contribution in [2.75, 3.05) is 13.2 Å². The minimum absolute atomic E-state index is 0.0127. The maximum Gasteiger partial charge on any atom is 0.0752 e. The second-order valence-electron chi connectivity index (χ2n) is 12.5. The average Bonchev–Trinajstić information content (AvgIpc) is 3.56. The van der Waals surface area contributed by atoms with E-state index in [1.807, 2.05) is 34.5 Å². The molecule has 2 aliphatic heterocycles. The van der Waals surface area contributed by atoms with Crippen molar-refractivity contribution >= 4 is 0 Å². The van der Waals surface area contributed by atoms with Gasteiger partial charge in [0.05, 0.1) is 48.5 Å². The first-order valence-corrected chi connectivity index (χ1v) is 14.9. The van der Waals surface area contributed by atoms with E-state index >= 15 is 0 Å². The summed E-state index contributed by atoms with van der Waals surface area (Å²) in [5, 5.41) is 47.0. The van der Waals surface area contributed by atoms with E-state index in [0.717, 1.165) is 32.1 Å². The fourth-order valence-corrected chi connectivity index (χ4v) is 7.94. The van der Waals surface area contributed by atoms with Crippen LogP contribution in [0.1, 0.15) is 44.9 Å². The third-order valence-electron chi connectivity index (χ3n) is 9.94. The Labute approximate surface area is 231 Å². The van der Waals surface area contributed by atoms with Crippen molar-refractivity contribution in [1.82, 2.24) is 31.9 Å². The van der Waals surface area contributed by atoms with Crippen LogP contribution in [0.5, 0.6) is 0 Å². The van der Waals surface area contributed by atoms with E-state index in [1.165, 1.54) is 0 Å². The van der Waals surface area contributed by atoms with Gasteiger partial charge in [-0.3, -0.25) is 0 Å². The quantitative estimate of drug-likeness (QED) is 0.212. The van der Waals surface area contributed by atoms with Gasteiger partial charge in [0.1, 0.15) is 0 Å². The molecule has 0 radical (unpaired) electrons. The van der Waals surface area contributed by atoms with Crippen molar-refractivity contribution in [3.8, 4) is 0 Å². The standard InChI is InChI=1S/C29H46N6O4/c36-11-9-18-13-20(28(38)26(15-18)34-30-22-5-1-2-6-23(22)31-34)17-21-14-19(10-12-37)16-27(29(21)39)35-32-24-7-3-4-8-25(24)33-35/h1-8,18-33,36-39H,9-17H2/t18?,19?,20?,21?,22-,23?,24-,25?,26?,27?,28?,29?/m0/s1. The molecule has 2 saturated carbocycles. The van der Waals surface area contributed by atoms with Crippen LogP contribution in [0.3, 0.4) is 0 Å². The summed E-state index contributed by atoms with van der Waals surface area (Å²) in [6.45, 7) is 0.282. The molecular formula is C29H46N6O4. The maximum atomic E-state index is 11.7. The maximum absolute atomic E-state index is 11.7. The highest BCUT2D eigenvalue weighted by Gasteiger charge is 2.48. The largest absolute Gasteiger partial charge is 0.396 e. The number of hydrazine groups is 4. The van der Waals surface area contributed by atoms with Crippen LogP contribution < -0.4 is 21.7 Å². The highest BCUT2D eigenvalue weighted by molar-refractivity contribution is 5.22. The number of fused-ring (bicyclic) bond motifs is 2. The van der Waals surface area contributed by atoms with Crippen molar-refractivity contribution in [3.63, 3.8) is 0 Å². The number of hydrogen-bond donors (Lipinski definition) is 8. The molecule has 39 heavy (non-hydrogen) atoms. The van der Waals surface area contributed by atoms with E-state index in [1.54, 1.807) is 0 Å². The van der Waals surface area contributed by atoms with Gasteiger partial charge in [-0.25, -0.2) is 21.7 Å². The Morgan fingerprint density at radius 3 is 1.26 bits per heavy atom. The van der Waals surface area contributed by atoms with Crippen LogP contribution in [0, 0.1) is 23.7 Å². The van der Waals surface area contributed by atoms with Crippen molar-refractivity contribution in [2.45, 2.75) is 93.4 Å². The van der Waals surface area contributed by atoms with Gasteiger partial charge in [0, 0.05) is 13.2 Å². The molecule has 0 bridgehead atoms. The molecule has 10 nitrogen and oxygen atoms in total. The first kappa shape index (κ1) is 27.7. The van der Waals surface area contributed by atoms with Gasteiger partial charge >= 0.3 is 0 Å². The number of rotatable bonds is 8. The van der Waals surface area contributed by atoms with Gasteiger partial charge in [0.15, 0.2) is 0 Å². The Hall–Kier alpha value is -1.44. The predicted molar refractivity (Wildman–Crippen MR) is 148 cm³/mol. The summed E-state index contributed by atoms with van der Waals surface area (Å²) in [5.74, 6) is 0.635. The highest BCUT2D eigenvalue weighted by Crippen LogP contribution is 2.43. The summed E-state index contributed by atoms with van der Waals surface area (Å²) in [4.78, 5) is 0. The molecule has 8 N–H and O–H groups in total. The van der Waals surface area contributed by atoms with Crippen LogP contribution in [-0.2, 0) is 0 Å². The van der Waals surface area contributed by atoms with Crippen molar-refractivity contribution < 1.29 is 20.4 Å². The average molecular weight is 543 g/mol. The molecule has 6 rings (SSSR count). The van der Waals surface area contributed by atoms with Crippen LogP contribution in [0.4, 0.5) is 0 Å². The SMILES string of the molecule is OCCC1CC(CC2CC(CCO)CC(N3NC4C=CC=C[C@@H]4N3)C2O)C(O)C(N2NC3C=CC=C[C@@H]3N2)C1. The minimum Gasteiger partial charge on any atom is -0.396 e. The third-order valence-corrected chi connectivity index (χ3v) is 9.94. The van der Waals surface area contributed by atoms with E-state index < -0.39 is 12.2 Å². The van der Waals surface area contributed by atoms with Crippen LogP contribution >= 0.6 is 0 Å². The molecule has 10 heteroatoms. The molecule has 0 aromatic carbocycles. The zero-order valence-electron chi connectivity index (χ0n) is 22.6. The van der Waals surface area contributed by atoms with E-state index in [4.69, 9.17) is 0 Å². The van der Waals surface area contributed by atoms with Crippen LogP contribution in [0.25, 0.3) is 0 Å². The first-order valence-electron chi connectivity index (χ1n) is 14.9. The van der Waals surface area contributed by atoms with Crippen molar-refractivity contribution in [1.29, 1.82) is 0 Å². The summed E-state index contributed by atoms with van der Waals surface area (Å²) in [6.07, 6.45) is 21.1. The van der Waals surface area contributed by atoms with Gasteiger partial charge in [0.25, 0.3) is 0 Å². The summed E-state index contributed by atoms with van der Waals surface area (Å²) in [7, 11) is 0. The number of hydrogen-bond acceptors (Lipinski definition) is 10. The van der Waals surface area contributed by atoms with E-state index in [-0.39, 0.29) is 61.3 Å². The lowest BCUT2D eigenvalue weighted by Crippen LogP contribution is -2.59. The molecule has 6 aliphatic rings. The molecule has 0 spiro atoms. The molecule has 4 aliphatic carbocycles. The second-order valence-corrected chi connectivity index (χ2v) is 12.5. The highest BCUT2D eigenvalue weighted by atomic mass is 16.3. The number of aliphatic hydroxyl groups is 4. The van der Waals surface area contributed by atoms with Gasteiger partial charge in [-0.05, 0) is 68.6 Å². The molecule has 216 valence electrons. The van der Waals surface area contributed by atoms with Crippen molar-refractivity contribution in [2.24, 2.45) is 23.7 Å². The molecule has 2 saturated heterocycles. The number of allylic oxidation sites excluding steroid dienone is 4. The first-order chi connectivity index (χ1) is 19.0.